The first kappa shape index (κ1) is 15.7. The van der Waals surface area contributed by atoms with E-state index < -0.39 is 0 Å². The molecule has 0 unspecified atom stereocenters. The first-order valence-corrected chi connectivity index (χ1v) is 7.98. The Kier molecular flexibility index (Phi) is 3.72. The number of hydrogen-bond acceptors (Lipinski definition) is 3. The zero-order valence-corrected chi connectivity index (χ0v) is 14.8. The van der Waals surface area contributed by atoms with Crippen LogP contribution in [0.4, 0.5) is 0 Å². The van der Waals surface area contributed by atoms with Crippen LogP contribution in [0.5, 0.6) is 0 Å². The largest absolute Gasteiger partial charge is 0.325 e. The number of fused-ring (bicyclic) bond motifs is 1. The van der Waals surface area contributed by atoms with Gasteiger partial charge in [-0.3, -0.25) is 4.57 Å². The van der Waals surface area contributed by atoms with E-state index >= 15 is 0 Å². The summed E-state index contributed by atoms with van der Waals surface area (Å²) in [6.07, 6.45) is 0. The van der Waals surface area contributed by atoms with Crippen LogP contribution < -0.4 is 5.73 Å². The lowest BCUT2D eigenvalue weighted by molar-refractivity contribution is 0.934. The van der Waals surface area contributed by atoms with Crippen LogP contribution in [0.25, 0.3) is 16.7 Å². The zero-order chi connectivity index (χ0) is 16.9. The van der Waals surface area contributed by atoms with Crippen molar-refractivity contribution in [1.82, 2.24) is 14.5 Å². The van der Waals surface area contributed by atoms with Gasteiger partial charge in [-0.1, -0.05) is 17.7 Å². The van der Waals surface area contributed by atoms with Crippen LogP contribution in [0.1, 0.15) is 39.5 Å². The molecule has 4 nitrogen and oxygen atoms in total. The topological polar surface area (TPSA) is 56.7 Å². The molecule has 0 saturated carbocycles. The monoisotopic (exact) mass is 308 g/mol. The van der Waals surface area contributed by atoms with Gasteiger partial charge in [-0.25, -0.2) is 9.97 Å². The molecular formula is C19H24N4. The molecule has 0 aliphatic carbocycles. The third-order valence-corrected chi connectivity index (χ3v) is 4.59. The minimum Gasteiger partial charge on any atom is -0.325 e. The Labute approximate surface area is 137 Å². The predicted octanol–water partition coefficient (Wildman–Crippen LogP) is 3.73. The van der Waals surface area contributed by atoms with Crippen LogP contribution in [-0.2, 0) is 6.54 Å². The Balaban J connectivity index is 2.49. The summed E-state index contributed by atoms with van der Waals surface area (Å²) in [4.78, 5) is 9.28. The van der Waals surface area contributed by atoms with Crippen LogP contribution in [-0.4, -0.2) is 14.5 Å². The minimum absolute atomic E-state index is 0.427. The number of aromatic nitrogens is 3. The highest BCUT2D eigenvalue weighted by Gasteiger charge is 2.20. The van der Waals surface area contributed by atoms with Gasteiger partial charge in [-0.2, -0.15) is 0 Å². The van der Waals surface area contributed by atoms with Crippen molar-refractivity contribution in [3.8, 4) is 5.69 Å². The van der Waals surface area contributed by atoms with E-state index in [9.17, 15) is 0 Å². The van der Waals surface area contributed by atoms with Gasteiger partial charge in [-0.05, 0) is 58.2 Å². The molecule has 0 radical (unpaired) electrons. The molecule has 0 amide bonds. The normalized spacial score (nSPS) is 11.4. The number of nitrogens with zero attached hydrogens (tertiary/aromatic N) is 3. The van der Waals surface area contributed by atoms with Gasteiger partial charge in [0.2, 0.25) is 0 Å². The zero-order valence-electron chi connectivity index (χ0n) is 14.8. The van der Waals surface area contributed by atoms with E-state index in [0.717, 1.165) is 22.6 Å². The Hall–Kier alpha value is -2.20. The Morgan fingerprint density at radius 1 is 0.957 bits per heavy atom. The molecule has 0 aliphatic heterocycles. The lowest BCUT2D eigenvalue weighted by atomic mass is 10.0. The number of aryl methyl sites for hydroxylation is 5. The van der Waals surface area contributed by atoms with E-state index in [1.54, 1.807) is 0 Å². The van der Waals surface area contributed by atoms with Gasteiger partial charge in [0.05, 0.1) is 11.4 Å². The second kappa shape index (κ2) is 5.46. The van der Waals surface area contributed by atoms with E-state index in [-0.39, 0.29) is 0 Å². The van der Waals surface area contributed by atoms with Crippen molar-refractivity contribution in [3.05, 3.63) is 51.6 Å². The van der Waals surface area contributed by atoms with Gasteiger partial charge in [0.1, 0.15) is 11.5 Å². The molecule has 4 heteroatoms. The lowest BCUT2D eigenvalue weighted by Crippen LogP contribution is -2.07. The molecule has 2 N–H and O–H groups in total. The van der Waals surface area contributed by atoms with Crippen molar-refractivity contribution < 1.29 is 0 Å². The second-order valence-electron chi connectivity index (χ2n) is 6.41. The SMILES string of the molecule is Cc1cc(C)c(-n2c(C)c(C)c3c(CN)nc(C)nc32)c(C)c1. The summed E-state index contributed by atoms with van der Waals surface area (Å²) in [6.45, 7) is 13.1. The first-order valence-electron chi connectivity index (χ1n) is 7.98. The molecule has 0 atom stereocenters. The molecule has 2 aromatic heterocycles. The molecule has 0 saturated heterocycles. The summed E-state index contributed by atoms with van der Waals surface area (Å²) in [5, 5.41) is 1.09. The Morgan fingerprint density at radius 3 is 2.13 bits per heavy atom. The smallest absolute Gasteiger partial charge is 0.149 e. The number of benzene rings is 1. The molecule has 0 fully saturated rings. The summed E-state index contributed by atoms with van der Waals surface area (Å²) >= 11 is 0. The minimum atomic E-state index is 0.427. The average molecular weight is 308 g/mol. The van der Waals surface area contributed by atoms with Crippen LogP contribution in [0.3, 0.4) is 0 Å². The van der Waals surface area contributed by atoms with Gasteiger partial charge in [-0.15, -0.1) is 0 Å². The molecule has 1 aromatic carbocycles. The maximum atomic E-state index is 5.93. The highest BCUT2D eigenvalue weighted by Crippen LogP contribution is 2.32. The van der Waals surface area contributed by atoms with E-state index in [1.807, 2.05) is 6.92 Å². The third-order valence-electron chi connectivity index (χ3n) is 4.59. The number of rotatable bonds is 2. The van der Waals surface area contributed by atoms with Gasteiger partial charge in [0.15, 0.2) is 0 Å². The van der Waals surface area contributed by atoms with Gasteiger partial charge >= 0.3 is 0 Å². The van der Waals surface area contributed by atoms with Gasteiger partial charge in [0.25, 0.3) is 0 Å². The Morgan fingerprint density at radius 2 is 1.57 bits per heavy atom. The van der Waals surface area contributed by atoms with Crippen molar-refractivity contribution in [3.63, 3.8) is 0 Å². The van der Waals surface area contributed by atoms with E-state index in [1.165, 1.54) is 33.6 Å². The van der Waals surface area contributed by atoms with Crippen molar-refractivity contribution in [2.75, 3.05) is 0 Å². The Bertz CT molecular complexity index is 896. The number of hydrogen-bond donors (Lipinski definition) is 1. The second-order valence-corrected chi connectivity index (χ2v) is 6.41. The maximum Gasteiger partial charge on any atom is 0.149 e. The van der Waals surface area contributed by atoms with Crippen LogP contribution in [0.2, 0.25) is 0 Å². The maximum absolute atomic E-state index is 5.93. The van der Waals surface area contributed by atoms with Crippen molar-refractivity contribution in [1.29, 1.82) is 0 Å². The molecule has 0 spiro atoms. The average Bonchev–Trinajstić information content (AvgIpc) is 2.70. The molecule has 0 aliphatic rings. The van der Waals surface area contributed by atoms with Crippen LogP contribution in [0, 0.1) is 41.5 Å². The molecule has 3 aromatic rings. The summed E-state index contributed by atoms with van der Waals surface area (Å²) in [5.74, 6) is 0.763. The molecular weight excluding hydrogens is 284 g/mol. The fourth-order valence-corrected chi connectivity index (χ4v) is 3.61. The van der Waals surface area contributed by atoms with Crippen molar-refractivity contribution in [2.24, 2.45) is 5.73 Å². The fraction of sp³-hybridized carbons (Fsp3) is 0.368. The molecule has 23 heavy (non-hydrogen) atoms. The summed E-state index contributed by atoms with van der Waals surface area (Å²) < 4.78 is 2.27. The highest BCUT2D eigenvalue weighted by molar-refractivity contribution is 5.86. The van der Waals surface area contributed by atoms with E-state index in [2.05, 4.69) is 56.3 Å². The first-order chi connectivity index (χ1) is 10.8. The standard InChI is InChI=1S/C19H24N4/c1-10-7-11(2)18(12(3)8-10)23-14(5)13(4)17-16(9-20)21-15(6)22-19(17)23/h7-8H,9,20H2,1-6H3. The van der Waals surface area contributed by atoms with Crippen molar-refractivity contribution >= 4 is 11.0 Å². The predicted molar refractivity (Wildman–Crippen MR) is 95.2 cm³/mol. The summed E-state index contributed by atoms with van der Waals surface area (Å²) in [5.41, 5.74) is 15.2. The van der Waals surface area contributed by atoms with Gasteiger partial charge in [0, 0.05) is 17.6 Å². The highest BCUT2D eigenvalue weighted by atomic mass is 15.1. The quantitative estimate of drug-likeness (QED) is 0.785. The molecule has 0 bridgehead atoms. The van der Waals surface area contributed by atoms with Crippen LogP contribution in [0.15, 0.2) is 12.1 Å². The summed E-state index contributed by atoms with van der Waals surface area (Å²) in [7, 11) is 0. The van der Waals surface area contributed by atoms with Crippen molar-refractivity contribution in [2.45, 2.75) is 48.1 Å². The van der Waals surface area contributed by atoms with E-state index in [4.69, 9.17) is 10.7 Å². The molecule has 120 valence electrons. The summed E-state index contributed by atoms with van der Waals surface area (Å²) in [6, 6.07) is 4.45. The molecule has 3 rings (SSSR count). The number of nitrogens with two attached hydrogens (primary N) is 1. The van der Waals surface area contributed by atoms with Crippen LogP contribution >= 0.6 is 0 Å². The molecule has 2 heterocycles. The lowest BCUT2D eigenvalue weighted by Gasteiger charge is -2.16. The third kappa shape index (κ3) is 2.34. The van der Waals surface area contributed by atoms with E-state index in [0.29, 0.717) is 6.54 Å². The fourth-order valence-electron chi connectivity index (χ4n) is 3.61. The van der Waals surface area contributed by atoms with Gasteiger partial charge < -0.3 is 5.73 Å².